The van der Waals surface area contributed by atoms with Gasteiger partial charge in [0.25, 0.3) is 0 Å². The van der Waals surface area contributed by atoms with Gasteiger partial charge in [-0.25, -0.2) is 0 Å². The van der Waals surface area contributed by atoms with Crippen LogP contribution in [-0.4, -0.2) is 140 Å². The van der Waals surface area contributed by atoms with Gasteiger partial charge in [0.1, 0.15) is 48.8 Å². The van der Waals surface area contributed by atoms with Crippen molar-refractivity contribution in [1.29, 1.82) is 0 Å². The molecule has 2 aliphatic heterocycles. The molecule has 3 aliphatic rings. The van der Waals surface area contributed by atoms with E-state index in [1.807, 2.05) is 0 Å². The summed E-state index contributed by atoms with van der Waals surface area (Å²) in [7, 11) is 0. The van der Waals surface area contributed by atoms with Gasteiger partial charge in [-0.05, 0) is 18.6 Å². The molecule has 15 heteroatoms. The summed E-state index contributed by atoms with van der Waals surface area (Å²) in [6, 6.07) is -3.84. The lowest BCUT2D eigenvalue weighted by atomic mass is 9.84. The first-order valence-electron chi connectivity index (χ1n) is 17.7. The van der Waals surface area contributed by atoms with Crippen LogP contribution < -0.4 is 22.9 Å². The monoisotopic (exact) mass is 696 g/mol. The molecule has 47 heavy (non-hydrogen) atoms. The minimum atomic E-state index is -1.47. The van der Waals surface area contributed by atoms with Gasteiger partial charge in [0, 0.05) is 17.8 Å². The number of thioether (sulfide) groups is 1. The predicted molar refractivity (Wildman–Crippen MR) is 179 cm³/mol. The van der Waals surface area contributed by atoms with E-state index in [2.05, 4.69) is 6.92 Å². The second-order valence-electron chi connectivity index (χ2n) is 13.6. The topological polar surface area (TPSA) is 262 Å². The van der Waals surface area contributed by atoms with Crippen LogP contribution in [0.5, 0.6) is 0 Å². The number of unbranched alkanes of at least 4 members (excludes halogenated alkanes) is 11. The van der Waals surface area contributed by atoms with Crippen molar-refractivity contribution in [2.24, 2.45) is 22.9 Å². The average Bonchev–Trinajstić information content (AvgIpc) is 3.05. The standard InChI is InChI=1S/C32H64N4O10S/c1-2-3-4-5-6-7-8-9-10-11-12-13-14-47-17-21-25(39)26(40)23(36)31(44-21)45-29-18(33)15-19(34)30(28(29)42)46-32-27(41)22(35)24(38)20(16-37)43-32/h18-32,37-42H,2-17,33-36H2,1H3/t18-,19+,20+,21+,22-,23+,24+,25+,26+,27+,28-,29+,30-,31+,32+/m0/s1. The number of ether oxygens (including phenoxy) is 4. The van der Waals surface area contributed by atoms with Crippen LogP contribution in [0.2, 0.25) is 0 Å². The van der Waals surface area contributed by atoms with Crippen molar-refractivity contribution < 1.29 is 49.6 Å². The van der Waals surface area contributed by atoms with Crippen LogP contribution in [-0.2, 0) is 18.9 Å². The van der Waals surface area contributed by atoms with Gasteiger partial charge in [-0.3, -0.25) is 0 Å². The van der Waals surface area contributed by atoms with Crippen LogP contribution in [0.25, 0.3) is 0 Å². The molecule has 0 unspecified atom stereocenters. The largest absolute Gasteiger partial charge is 0.394 e. The Morgan fingerprint density at radius 1 is 0.596 bits per heavy atom. The van der Waals surface area contributed by atoms with Gasteiger partial charge in [-0.1, -0.05) is 77.6 Å². The minimum Gasteiger partial charge on any atom is -0.394 e. The first-order valence-corrected chi connectivity index (χ1v) is 18.9. The van der Waals surface area contributed by atoms with Crippen molar-refractivity contribution in [3.63, 3.8) is 0 Å². The van der Waals surface area contributed by atoms with Crippen LogP contribution in [0.1, 0.15) is 90.4 Å². The van der Waals surface area contributed by atoms with E-state index in [9.17, 15) is 30.6 Å². The molecule has 0 amide bonds. The van der Waals surface area contributed by atoms with Crippen molar-refractivity contribution in [3.8, 4) is 0 Å². The maximum absolute atomic E-state index is 11.3. The lowest BCUT2D eigenvalue weighted by Crippen LogP contribution is -2.69. The highest BCUT2D eigenvalue weighted by Crippen LogP contribution is 2.31. The first kappa shape index (κ1) is 41.2. The molecule has 15 atom stereocenters. The Kier molecular flexibility index (Phi) is 18.6. The Labute approximate surface area is 284 Å². The molecule has 1 aliphatic carbocycles. The van der Waals surface area contributed by atoms with Crippen LogP contribution in [0, 0.1) is 0 Å². The molecule has 2 saturated heterocycles. The fourth-order valence-corrected chi connectivity index (χ4v) is 7.72. The van der Waals surface area contributed by atoms with E-state index >= 15 is 0 Å². The van der Waals surface area contributed by atoms with Crippen molar-refractivity contribution >= 4 is 11.8 Å². The molecule has 14 nitrogen and oxygen atoms in total. The molecule has 0 aromatic rings. The van der Waals surface area contributed by atoms with Crippen LogP contribution in [0.3, 0.4) is 0 Å². The summed E-state index contributed by atoms with van der Waals surface area (Å²) in [6.45, 7) is 1.67. The van der Waals surface area contributed by atoms with Gasteiger partial charge < -0.3 is 72.5 Å². The summed E-state index contributed by atoms with van der Waals surface area (Å²) < 4.78 is 23.5. The highest BCUT2D eigenvalue weighted by molar-refractivity contribution is 7.99. The Morgan fingerprint density at radius 2 is 1.11 bits per heavy atom. The van der Waals surface area contributed by atoms with Crippen LogP contribution in [0.4, 0.5) is 0 Å². The summed E-state index contributed by atoms with van der Waals surface area (Å²) in [4.78, 5) is 0. The van der Waals surface area contributed by atoms with E-state index < -0.39 is 98.3 Å². The second kappa shape index (κ2) is 21.2. The van der Waals surface area contributed by atoms with Gasteiger partial charge in [0.15, 0.2) is 12.6 Å². The third-order valence-electron chi connectivity index (χ3n) is 9.75. The molecule has 3 fully saturated rings. The minimum absolute atomic E-state index is 0.152. The van der Waals surface area contributed by atoms with Gasteiger partial charge >= 0.3 is 0 Å². The highest BCUT2D eigenvalue weighted by atomic mass is 32.2. The highest BCUT2D eigenvalue weighted by Gasteiger charge is 2.51. The average molecular weight is 697 g/mol. The van der Waals surface area contributed by atoms with E-state index in [0.29, 0.717) is 5.75 Å². The summed E-state index contributed by atoms with van der Waals surface area (Å²) in [5.41, 5.74) is 24.7. The fraction of sp³-hybridized carbons (Fsp3) is 1.00. The quantitative estimate of drug-likeness (QED) is 0.0695. The molecule has 3 rings (SSSR count). The lowest BCUT2D eigenvalue weighted by molar-refractivity contribution is -0.318. The summed E-state index contributed by atoms with van der Waals surface area (Å²) in [5.74, 6) is 1.32. The molecule has 0 aromatic heterocycles. The summed E-state index contributed by atoms with van der Waals surface area (Å²) in [5, 5.41) is 62.9. The maximum atomic E-state index is 11.3. The van der Waals surface area contributed by atoms with Crippen LogP contribution >= 0.6 is 11.8 Å². The van der Waals surface area contributed by atoms with Crippen molar-refractivity contribution in [1.82, 2.24) is 0 Å². The van der Waals surface area contributed by atoms with Crippen LogP contribution in [0.15, 0.2) is 0 Å². The third kappa shape index (κ3) is 11.9. The van der Waals surface area contributed by atoms with Gasteiger partial charge in [-0.15, -0.1) is 0 Å². The van der Waals surface area contributed by atoms with E-state index in [1.54, 1.807) is 11.8 Å². The fourth-order valence-electron chi connectivity index (χ4n) is 6.63. The number of nitrogens with two attached hydrogens (primary N) is 4. The van der Waals surface area contributed by atoms with Gasteiger partial charge in [0.2, 0.25) is 0 Å². The zero-order valence-electron chi connectivity index (χ0n) is 28.0. The predicted octanol–water partition coefficient (Wildman–Crippen LogP) is -0.849. The number of hydrogen-bond donors (Lipinski definition) is 10. The van der Waals surface area contributed by atoms with Gasteiger partial charge in [-0.2, -0.15) is 11.8 Å². The SMILES string of the molecule is CCCCCCCCCCCCCCSC[C@H]1O[C@H](O[C@H]2[C@H](O)[C@@H](O[C@H]3O[C@H](CO)[C@@H](O)[C@H](N)[C@H]3O)[C@H](N)C[C@@H]2N)[C@H](N)[C@@H](O)[C@@H]1O. The summed E-state index contributed by atoms with van der Waals surface area (Å²) >= 11 is 1.63. The molecule has 0 radical (unpaired) electrons. The number of rotatable bonds is 20. The zero-order chi connectivity index (χ0) is 34.5. The van der Waals surface area contributed by atoms with Crippen molar-refractivity contribution in [2.75, 3.05) is 18.1 Å². The lowest BCUT2D eigenvalue weighted by Gasteiger charge is -2.48. The van der Waals surface area contributed by atoms with Gasteiger partial charge in [0.05, 0.1) is 24.8 Å². The zero-order valence-corrected chi connectivity index (χ0v) is 28.8. The maximum Gasteiger partial charge on any atom is 0.186 e. The molecule has 1 saturated carbocycles. The number of aliphatic hydroxyl groups is 6. The number of aliphatic hydroxyl groups excluding tert-OH is 6. The Hall–Kier alpha value is -0.210. The molecular formula is C32H64N4O10S. The summed E-state index contributed by atoms with van der Waals surface area (Å²) in [6.07, 6.45) is 2.02. The Morgan fingerprint density at radius 3 is 1.66 bits per heavy atom. The Balaban J connectivity index is 1.44. The van der Waals surface area contributed by atoms with E-state index in [1.165, 1.54) is 64.2 Å². The molecule has 0 aromatic carbocycles. The van der Waals surface area contributed by atoms with Crippen molar-refractivity contribution in [3.05, 3.63) is 0 Å². The van der Waals surface area contributed by atoms with Crippen molar-refractivity contribution in [2.45, 2.75) is 182 Å². The molecule has 0 bridgehead atoms. The number of hydrogen-bond acceptors (Lipinski definition) is 15. The third-order valence-corrected chi connectivity index (χ3v) is 10.9. The van der Waals surface area contributed by atoms with E-state index in [0.717, 1.165) is 18.6 Å². The molecule has 2 heterocycles. The molecule has 278 valence electrons. The Bertz CT molecular complexity index is 856. The smallest absolute Gasteiger partial charge is 0.186 e. The molecule has 0 spiro atoms. The second-order valence-corrected chi connectivity index (χ2v) is 14.8. The first-order chi connectivity index (χ1) is 22.5. The normalized spacial score (nSPS) is 41.3. The van der Waals surface area contributed by atoms with E-state index in [4.69, 9.17) is 41.9 Å². The molecular weight excluding hydrogens is 632 g/mol. The van der Waals surface area contributed by atoms with E-state index in [-0.39, 0.29) is 6.42 Å². The molecule has 14 N–H and O–H groups in total.